The predicted octanol–water partition coefficient (Wildman–Crippen LogP) is 3.31. The van der Waals surface area contributed by atoms with E-state index in [2.05, 4.69) is 17.9 Å². The molecule has 31 heavy (non-hydrogen) atoms. The first kappa shape index (κ1) is 21.5. The summed E-state index contributed by atoms with van der Waals surface area (Å²) < 4.78 is 21.9. The molecule has 2 aromatic carbocycles. The lowest BCUT2D eigenvalue weighted by Crippen LogP contribution is -2.48. The Labute approximate surface area is 183 Å². The highest BCUT2D eigenvalue weighted by Gasteiger charge is 2.23. The van der Waals surface area contributed by atoms with Crippen LogP contribution in [-0.4, -0.2) is 62.4 Å². The van der Waals surface area contributed by atoms with Crippen LogP contribution in [0.3, 0.4) is 0 Å². The molecule has 0 spiro atoms. The number of nitrogens with zero attached hydrogens (tertiary/aromatic N) is 2. The maximum absolute atomic E-state index is 13.1. The first-order valence-corrected chi connectivity index (χ1v) is 10.8. The topological polar surface area (TPSA) is 60.5 Å². The van der Waals surface area contributed by atoms with Gasteiger partial charge >= 0.3 is 0 Å². The summed E-state index contributed by atoms with van der Waals surface area (Å²) in [6.45, 7) is 7.41. The Bertz CT molecular complexity index is 909. The van der Waals surface area contributed by atoms with Crippen molar-refractivity contribution in [2.24, 2.45) is 0 Å². The first-order chi connectivity index (χ1) is 15.2. The van der Waals surface area contributed by atoms with E-state index in [1.54, 1.807) is 7.11 Å². The van der Waals surface area contributed by atoms with Crippen molar-refractivity contribution >= 4 is 5.91 Å². The van der Waals surface area contributed by atoms with Crippen molar-refractivity contribution in [2.45, 2.75) is 26.5 Å². The quantitative estimate of drug-likeness (QED) is 0.604. The van der Waals surface area contributed by atoms with Crippen LogP contribution in [0.5, 0.6) is 17.2 Å². The average molecular weight is 427 g/mol. The van der Waals surface area contributed by atoms with E-state index in [9.17, 15) is 4.79 Å². The van der Waals surface area contributed by atoms with Gasteiger partial charge in [-0.3, -0.25) is 9.69 Å². The molecule has 2 heterocycles. The fraction of sp³-hybridized carbons (Fsp3) is 0.458. The Hall–Kier alpha value is -2.77. The maximum atomic E-state index is 13.1. The molecule has 0 aromatic heterocycles. The van der Waals surface area contributed by atoms with Gasteiger partial charge in [0.2, 0.25) is 6.79 Å². The molecule has 7 heteroatoms. The summed E-state index contributed by atoms with van der Waals surface area (Å²) in [5.41, 5.74) is 2.78. The minimum absolute atomic E-state index is 0.0575. The summed E-state index contributed by atoms with van der Waals surface area (Å²) in [6, 6.07) is 11.7. The van der Waals surface area contributed by atoms with Crippen LogP contribution in [0.2, 0.25) is 0 Å². The second-order valence-corrected chi connectivity index (χ2v) is 7.84. The first-order valence-electron chi connectivity index (χ1n) is 10.8. The normalized spacial score (nSPS) is 15.9. The summed E-state index contributed by atoms with van der Waals surface area (Å²) in [7, 11) is 1.64. The van der Waals surface area contributed by atoms with E-state index in [0.29, 0.717) is 31.9 Å². The van der Waals surface area contributed by atoms with Crippen molar-refractivity contribution in [1.29, 1.82) is 0 Å². The largest absolute Gasteiger partial charge is 0.496 e. The van der Waals surface area contributed by atoms with Crippen LogP contribution >= 0.6 is 0 Å². The zero-order chi connectivity index (χ0) is 21.6. The van der Waals surface area contributed by atoms with Gasteiger partial charge in [0.1, 0.15) is 5.75 Å². The smallest absolute Gasteiger partial charge is 0.253 e. The van der Waals surface area contributed by atoms with Crippen LogP contribution in [0.1, 0.15) is 34.8 Å². The van der Waals surface area contributed by atoms with Crippen molar-refractivity contribution in [3.05, 3.63) is 53.1 Å². The van der Waals surface area contributed by atoms with Gasteiger partial charge in [-0.1, -0.05) is 13.0 Å². The maximum Gasteiger partial charge on any atom is 0.253 e. The van der Waals surface area contributed by atoms with E-state index in [4.69, 9.17) is 18.9 Å². The lowest BCUT2D eigenvalue weighted by atomic mass is 10.1. The van der Waals surface area contributed by atoms with E-state index in [0.717, 1.165) is 48.9 Å². The van der Waals surface area contributed by atoms with Gasteiger partial charge in [0.05, 0.1) is 13.7 Å². The summed E-state index contributed by atoms with van der Waals surface area (Å²) in [4.78, 5) is 17.4. The number of ether oxygens (including phenoxy) is 4. The number of amides is 1. The molecule has 2 aliphatic rings. The third kappa shape index (κ3) is 5.11. The predicted molar refractivity (Wildman–Crippen MR) is 117 cm³/mol. The van der Waals surface area contributed by atoms with Gasteiger partial charge in [0.15, 0.2) is 11.5 Å². The molecule has 1 amide bonds. The molecule has 1 fully saturated rings. The van der Waals surface area contributed by atoms with E-state index in [1.807, 2.05) is 35.2 Å². The third-order valence-corrected chi connectivity index (χ3v) is 5.64. The summed E-state index contributed by atoms with van der Waals surface area (Å²) in [5.74, 6) is 2.42. The SMILES string of the molecule is CCCOCc1cc(C(=O)N2CCN(Cc3ccc4c(c3)OCO4)CC2)ccc1OC. The van der Waals surface area contributed by atoms with Crippen molar-refractivity contribution in [2.75, 3.05) is 46.7 Å². The number of rotatable bonds is 8. The third-order valence-electron chi connectivity index (χ3n) is 5.64. The second-order valence-electron chi connectivity index (χ2n) is 7.84. The highest BCUT2D eigenvalue weighted by Crippen LogP contribution is 2.33. The number of methoxy groups -OCH3 is 1. The van der Waals surface area contributed by atoms with E-state index < -0.39 is 0 Å². The van der Waals surface area contributed by atoms with Gasteiger partial charge < -0.3 is 23.8 Å². The Kier molecular flexibility index (Phi) is 6.94. The molecule has 0 unspecified atom stereocenters. The summed E-state index contributed by atoms with van der Waals surface area (Å²) in [5, 5.41) is 0. The van der Waals surface area contributed by atoms with Crippen molar-refractivity contribution in [3.63, 3.8) is 0 Å². The van der Waals surface area contributed by atoms with E-state index in [-0.39, 0.29) is 12.7 Å². The van der Waals surface area contributed by atoms with Gasteiger partial charge in [-0.05, 0) is 42.3 Å². The Morgan fingerprint density at radius 1 is 1.03 bits per heavy atom. The van der Waals surface area contributed by atoms with Gasteiger partial charge in [0, 0.05) is 50.5 Å². The van der Waals surface area contributed by atoms with Crippen molar-refractivity contribution < 1.29 is 23.7 Å². The molecule has 0 saturated carbocycles. The number of fused-ring (bicyclic) bond motifs is 1. The highest BCUT2D eigenvalue weighted by atomic mass is 16.7. The molecular formula is C24H30N2O5. The molecule has 7 nitrogen and oxygen atoms in total. The van der Waals surface area contributed by atoms with E-state index >= 15 is 0 Å². The minimum Gasteiger partial charge on any atom is -0.496 e. The molecule has 2 aliphatic heterocycles. The standard InChI is InChI=1S/C24H30N2O5/c1-3-12-29-16-20-14-19(5-7-21(20)28-2)24(27)26-10-8-25(9-11-26)15-18-4-6-22-23(13-18)31-17-30-22/h4-7,13-14H,3,8-12,15-17H2,1-2H3. The number of carbonyl (C=O) groups excluding carboxylic acids is 1. The van der Waals surface area contributed by atoms with Crippen LogP contribution in [-0.2, 0) is 17.9 Å². The Morgan fingerprint density at radius 3 is 2.61 bits per heavy atom. The van der Waals surface area contributed by atoms with Crippen LogP contribution < -0.4 is 14.2 Å². The lowest BCUT2D eigenvalue weighted by Gasteiger charge is -2.35. The number of carbonyl (C=O) groups is 1. The van der Waals surface area contributed by atoms with Crippen molar-refractivity contribution in [1.82, 2.24) is 9.80 Å². The van der Waals surface area contributed by atoms with Gasteiger partial charge in [0.25, 0.3) is 5.91 Å². The monoisotopic (exact) mass is 426 g/mol. The van der Waals surface area contributed by atoms with E-state index in [1.165, 1.54) is 5.56 Å². The summed E-state index contributed by atoms with van der Waals surface area (Å²) in [6.07, 6.45) is 0.956. The number of benzene rings is 2. The molecule has 0 radical (unpaired) electrons. The lowest BCUT2D eigenvalue weighted by molar-refractivity contribution is 0.0628. The zero-order valence-electron chi connectivity index (χ0n) is 18.3. The van der Waals surface area contributed by atoms with Crippen LogP contribution in [0.25, 0.3) is 0 Å². The highest BCUT2D eigenvalue weighted by molar-refractivity contribution is 5.94. The van der Waals surface area contributed by atoms with Crippen LogP contribution in [0, 0.1) is 0 Å². The molecule has 0 aliphatic carbocycles. The fourth-order valence-corrected chi connectivity index (χ4v) is 3.94. The van der Waals surface area contributed by atoms with Crippen LogP contribution in [0.4, 0.5) is 0 Å². The van der Waals surface area contributed by atoms with Gasteiger partial charge in [-0.2, -0.15) is 0 Å². The number of piperazine rings is 1. The van der Waals surface area contributed by atoms with Gasteiger partial charge in [-0.15, -0.1) is 0 Å². The number of hydrogen-bond acceptors (Lipinski definition) is 6. The molecular weight excluding hydrogens is 396 g/mol. The van der Waals surface area contributed by atoms with Gasteiger partial charge in [-0.25, -0.2) is 0 Å². The molecule has 4 rings (SSSR count). The Balaban J connectivity index is 1.34. The number of hydrogen-bond donors (Lipinski definition) is 0. The zero-order valence-corrected chi connectivity index (χ0v) is 18.3. The molecule has 1 saturated heterocycles. The van der Waals surface area contributed by atoms with Crippen molar-refractivity contribution in [3.8, 4) is 17.2 Å². The second kappa shape index (κ2) is 10.0. The minimum atomic E-state index is 0.0575. The molecule has 166 valence electrons. The molecule has 0 N–H and O–H groups in total. The Morgan fingerprint density at radius 2 is 1.84 bits per heavy atom. The molecule has 2 aromatic rings. The molecule has 0 atom stereocenters. The average Bonchev–Trinajstić information content (AvgIpc) is 3.27. The fourth-order valence-electron chi connectivity index (χ4n) is 3.94. The molecule has 0 bridgehead atoms. The van der Waals surface area contributed by atoms with Crippen LogP contribution in [0.15, 0.2) is 36.4 Å². The summed E-state index contributed by atoms with van der Waals surface area (Å²) >= 11 is 0.